The minimum atomic E-state index is -0.869. The van der Waals surface area contributed by atoms with Crippen molar-refractivity contribution in [2.24, 2.45) is 0 Å². The van der Waals surface area contributed by atoms with Crippen molar-refractivity contribution >= 4 is 17.6 Å². The summed E-state index contributed by atoms with van der Waals surface area (Å²) < 4.78 is 0. The highest BCUT2D eigenvalue weighted by molar-refractivity contribution is 5.95. The van der Waals surface area contributed by atoms with E-state index in [0.29, 0.717) is 0 Å². The van der Waals surface area contributed by atoms with Crippen molar-refractivity contribution in [1.29, 1.82) is 0 Å². The number of anilines is 1. The van der Waals surface area contributed by atoms with Gasteiger partial charge >= 0.3 is 5.97 Å². The predicted octanol–water partition coefficient (Wildman–Crippen LogP) is 2.88. The summed E-state index contributed by atoms with van der Waals surface area (Å²) >= 11 is 0. The molecule has 0 radical (unpaired) electrons. The van der Waals surface area contributed by atoms with Crippen LogP contribution in [-0.4, -0.2) is 17.0 Å². The van der Waals surface area contributed by atoms with E-state index in [9.17, 15) is 9.59 Å². The molecule has 0 spiro atoms. The molecule has 19 heavy (non-hydrogen) atoms. The molecule has 1 aliphatic heterocycles. The molecule has 4 heteroatoms. The third-order valence-electron chi connectivity index (χ3n) is 3.48. The minimum absolute atomic E-state index is 0.00423. The minimum Gasteiger partial charge on any atom is -0.481 e. The van der Waals surface area contributed by atoms with E-state index in [1.54, 1.807) is 0 Å². The molecule has 1 aromatic rings. The highest BCUT2D eigenvalue weighted by atomic mass is 16.4. The van der Waals surface area contributed by atoms with Crippen molar-refractivity contribution in [1.82, 2.24) is 0 Å². The molecule has 1 unspecified atom stereocenters. The fourth-order valence-electron chi connectivity index (χ4n) is 2.41. The second-order valence-electron chi connectivity index (χ2n) is 6.10. The Morgan fingerprint density at radius 2 is 2.11 bits per heavy atom. The second kappa shape index (κ2) is 4.68. The van der Waals surface area contributed by atoms with E-state index in [-0.39, 0.29) is 30.1 Å². The van der Waals surface area contributed by atoms with Crippen LogP contribution in [0.3, 0.4) is 0 Å². The lowest BCUT2D eigenvalue weighted by Crippen LogP contribution is -2.25. The summed E-state index contributed by atoms with van der Waals surface area (Å²) in [5, 5.41) is 11.8. The van der Waals surface area contributed by atoms with Gasteiger partial charge < -0.3 is 10.4 Å². The van der Waals surface area contributed by atoms with Crippen LogP contribution in [0.1, 0.15) is 50.7 Å². The first-order valence-electron chi connectivity index (χ1n) is 6.43. The maximum absolute atomic E-state index is 11.6. The summed E-state index contributed by atoms with van der Waals surface area (Å²) in [6.07, 6.45) is 0.237. The number of rotatable bonds is 2. The number of carboxylic acid groups (broad SMARTS) is 1. The monoisotopic (exact) mass is 261 g/mol. The lowest BCUT2D eigenvalue weighted by atomic mass is 9.81. The number of aliphatic carboxylic acids is 1. The van der Waals surface area contributed by atoms with Gasteiger partial charge in [0.15, 0.2) is 0 Å². The summed E-state index contributed by atoms with van der Waals surface area (Å²) in [6, 6.07) is 5.90. The van der Waals surface area contributed by atoms with Gasteiger partial charge in [-0.3, -0.25) is 9.59 Å². The Morgan fingerprint density at radius 3 is 2.68 bits per heavy atom. The SMILES string of the molecule is CC(C)(C)c1ccc2c(c1)C(CC(=O)O)CC(=O)N2. The van der Waals surface area contributed by atoms with E-state index in [1.807, 2.05) is 18.2 Å². The molecule has 1 atom stereocenters. The van der Waals surface area contributed by atoms with Crippen molar-refractivity contribution < 1.29 is 14.7 Å². The maximum Gasteiger partial charge on any atom is 0.303 e. The van der Waals surface area contributed by atoms with Crippen molar-refractivity contribution in [2.75, 3.05) is 5.32 Å². The van der Waals surface area contributed by atoms with E-state index in [4.69, 9.17) is 5.11 Å². The first kappa shape index (κ1) is 13.6. The van der Waals surface area contributed by atoms with Crippen LogP contribution in [0, 0.1) is 0 Å². The van der Waals surface area contributed by atoms with Gasteiger partial charge in [-0.25, -0.2) is 0 Å². The van der Waals surface area contributed by atoms with Crippen molar-refractivity contribution in [3.8, 4) is 0 Å². The van der Waals surface area contributed by atoms with Crippen LogP contribution in [0.4, 0.5) is 5.69 Å². The van der Waals surface area contributed by atoms with Gasteiger partial charge in [0.2, 0.25) is 5.91 Å². The van der Waals surface area contributed by atoms with Gasteiger partial charge in [-0.2, -0.15) is 0 Å². The molecule has 1 heterocycles. The number of benzene rings is 1. The van der Waals surface area contributed by atoms with Gasteiger partial charge in [0.1, 0.15) is 0 Å². The fourth-order valence-corrected chi connectivity index (χ4v) is 2.41. The summed E-state index contributed by atoms with van der Waals surface area (Å²) in [7, 11) is 0. The topological polar surface area (TPSA) is 66.4 Å². The smallest absolute Gasteiger partial charge is 0.303 e. The molecule has 0 aromatic heterocycles. The zero-order chi connectivity index (χ0) is 14.2. The predicted molar refractivity (Wildman–Crippen MR) is 73.4 cm³/mol. The third-order valence-corrected chi connectivity index (χ3v) is 3.48. The van der Waals surface area contributed by atoms with Gasteiger partial charge in [0.05, 0.1) is 6.42 Å². The first-order chi connectivity index (χ1) is 8.77. The second-order valence-corrected chi connectivity index (χ2v) is 6.10. The number of carbonyl (C=O) groups excluding carboxylic acids is 1. The summed E-state index contributed by atoms with van der Waals surface area (Å²) in [5.41, 5.74) is 2.84. The van der Waals surface area contributed by atoms with Gasteiger partial charge in [-0.05, 0) is 22.6 Å². The van der Waals surface area contributed by atoms with Crippen LogP contribution in [-0.2, 0) is 15.0 Å². The van der Waals surface area contributed by atoms with Gasteiger partial charge in [0.25, 0.3) is 0 Å². The molecule has 2 rings (SSSR count). The van der Waals surface area contributed by atoms with E-state index < -0.39 is 5.97 Å². The highest BCUT2D eigenvalue weighted by Crippen LogP contribution is 2.37. The molecule has 0 fully saturated rings. The Labute approximate surface area is 112 Å². The molecule has 2 N–H and O–H groups in total. The largest absolute Gasteiger partial charge is 0.481 e. The average molecular weight is 261 g/mol. The maximum atomic E-state index is 11.6. The number of carbonyl (C=O) groups is 2. The normalized spacial score (nSPS) is 18.7. The van der Waals surface area contributed by atoms with Crippen LogP contribution < -0.4 is 5.32 Å². The van der Waals surface area contributed by atoms with Gasteiger partial charge in [-0.1, -0.05) is 32.9 Å². The lowest BCUT2D eigenvalue weighted by molar-refractivity contribution is -0.137. The number of carboxylic acids is 1. The molecular formula is C15H19NO3. The van der Waals surface area contributed by atoms with E-state index >= 15 is 0 Å². The van der Waals surface area contributed by atoms with Crippen LogP contribution in [0.2, 0.25) is 0 Å². The van der Waals surface area contributed by atoms with Crippen molar-refractivity contribution in [3.63, 3.8) is 0 Å². The van der Waals surface area contributed by atoms with Crippen LogP contribution >= 0.6 is 0 Å². The zero-order valence-electron chi connectivity index (χ0n) is 11.5. The Balaban J connectivity index is 2.44. The number of nitrogens with one attached hydrogen (secondary N) is 1. The molecule has 0 saturated carbocycles. The van der Waals surface area contributed by atoms with Gasteiger partial charge in [-0.15, -0.1) is 0 Å². The van der Waals surface area contributed by atoms with E-state index in [2.05, 4.69) is 26.1 Å². The summed E-state index contributed by atoms with van der Waals surface area (Å²) in [4.78, 5) is 22.5. The molecule has 102 valence electrons. The molecule has 4 nitrogen and oxygen atoms in total. The molecule has 0 aliphatic carbocycles. The quantitative estimate of drug-likeness (QED) is 0.860. The van der Waals surface area contributed by atoms with E-state index in [0.717, 1.165) is 16.8 Å². The Kier molecular flexibility index (Phi) is 3.35. The average Bonchev–Trinajstić information content (AvgIpc) is 2.26. The Bertz CT molecular complexity index is 529. The zero-order valence-corrected chi connectivity index (χ0v) is 11.5. The Hall–Kier alpha value is -1.84. The summed E-state index contributed by atoms with van der Waals surface area (Å²) in [6.45, 7) is 6.34. The Morgan fingerprint density at radius 1 is 1.42 bits per heavy atom. The number of amides is 1. The van der Waals surface area contributed by atoms with Crippen LogP contribution in [0.15, 0.2) is 18.2 Å². The lowest BCUT2D eigenvalue weighted by Gasteiger charge is -2.28. The molecular weight excluding hydrogens is 242 g/mol. The third kappa shape index (κ3) is 2.95. The number of hydrogen-bond acceptors (Lipinski definition) is 2. The van der Waals surface area contributed by atoms with Gasteiger partial charge in [0, 0.05) is 18.0 Å². The number of fused-ring (bicyclic) bond motifs is 1. The summed E-state index contributed by atoms with van der Waals surface area (Å²) in [5.74, 6) is -1.21. The van der Waals surface area contributed by atoms with E-state index in [1.165, 1.54) is 0 Å². The molecule has 1 aromatic carbocycles. The molecule has 1 aliphatic rings. The van der Waals surface area contributed by atoms with Crippen LogP contribution in [0.25, 0.3) is 0 Å². The highest BCUT2D eigenvalue weighted by Gasteiger charge is 2.28. The molecule has 0 bridgehead atoms. The molecule has 1 amide bonds. The van der Waals surface area contributed by atoms with Crippen LogP contribution in [0.5, 0.6) is 0 Å². The standard InChI is InChI=1S/C15H19NO3/c1-15(2,3)10-4-5-12-11(8-10)9(7-14(18)19)6-13(17)16-12/h4-5,8-9H,6-7H2,1-3H3,(H,16,17)(H,18,19). The van der Waals surface area contributed by atoms with Crippen molar-refractivity contribution in [2.45, 2.75) is 44.9 Å². The first-order valence-corrected chi connectivity index (χ1v) is 6.43. The number of hydrogen-bond donors (Lipinski definition) is 2. The molecule has 0 saturated heterocycles. The fraction of sp³-hybridized carbons (Fsp3) is 0.467. The van der Waals surface area contributed by atoms with Crippen molar-refractivity contribution in [3.05, 3.63) is 29.3 Å².